The van der Waals surface area contributed by atoms with Gasteiger partial charge in [0, 0.05) is 25.0 Å². The molecule has 0 unspecified atom stereocenters. The summed E-state index contributed by atoms with van der Waals surface area (Å²) in [5, 5.41) is 0.268. The van der Waals surface area contributed by atoms with Gasteiger partial charge in [0.15, 0.2) is 0 Å². The van der Waals surface area contributed by atoms with Crippen LogP contribution in [0.15, 0.2) is 24.5 Å². The van der Waals surface area contributed by atoms with E-state index in [-0.39, 0.29) is 16.5 Å². The molecular weight excluding hydrogens is 256 g/mol. The van der Waals surface area contributed by atoms with Crippen molar-refractivity contribution in [1.82, 2.24) is 9.88 Å². The van der Waals surface area contributed by atoms with Crippen LogP contribution in [0.1, 0.15) is 50.0 Å². The van der Waals surface area contributed by atoms with E-state index in [9.17, 15) is 4.79 Å². The molecule has 19 heavy (non-hydrogen) atoms. The van der Waals surface area contributed by atoms with Gasteiger partial charge >= 0.3 is 0 Å². The summed E-state index contributed by atoms with van der Waals surface area (Å²) in [5.41, 5.74) is 1.12. The maximum absolute atomic E-state index is 12.2. The first-order valence-electron chi connectivity index (χ1n) is 7.06. The Kier molecular flexibility index (Phi) is 5.25. The Balaban J connectivity index is 1.93. The minimum atomic E-state index is 0.132. The number of unbranched alkanes of at least 4 members (excludes halogenated alkanes) is 3. The minimum Gasteiger partial charge on any atom is -0.329 e. The number of carbonyl (C=O) groups excluding carboxylic acids is 1. The summed E-state index contributed by atoms with van der Waals surface area (Å²) in [4.78, 5) is 18.3. The number of rotatable bonds is 6. The van der Waals surface area contributed by atoms with Crippen molar-refractivity contribution in [3.8, 4) is 0 Å². The third kappa shape index (κ3) is 3.50. The molecule has 2 rings (SSSR count). The van der Waals surface area contributed by atoms with Crippen LogP contribution in [-0.4, -0.2) is 28.1 Å². The molecule has 1 amide bonds. The summed E-state index contributed by atoms with van der Waals surface area (Å²) in [6.45, 7) is 2.21. The predicted octanol–water partition coefficient (Wildman–Crippen LogP) is 3.62. The van der Waals surface area contributed by atoms with Gasteiger partial charge in [-0.3, -0.25) is 9.78 Å². The van der Waals surface area contributed by atoms with Crippen LogP contribution in [0.4, 0.5) is 0 Å². The number of amides is 1. The molecule has 0 spiro atoms. The van der Waals surface area contributed by atoms with Crippen molar-refractivity contribution in [2.24, 2.45) is 0 Å². The molecule has 0 radical (unpaired) electrons. The van der Waals surface area contributed by atoms with Gasteiger partial charge in [0.05, 0.1) is 5.25 Å². The smallest absolute Gasteiger partial charge is 0.236 e. The number of hydrogen-bond acceptors (Lipinski definition) is 3. The Morgan fingerprint density at radius 1 is 1.37 bits per heavy atom. The zero-order valence-corrected chi connectivity index (χ0v) is 12.5. The van der Waals surface area contributed by atoms with Gasteiger partial charge in [0.2, 0.25) is 5.91 Å². The first-order chi connectivity index (χ1) is 9.24. The second-order valence-corrected chi connectivity index (χ2v) is 6.35. The first kappa shape index (κ1) is 14.4. The van der Waals surface area contributed by atoms with E-state index in [0.717, 1.165) is 18.4 Å². The molecule has 1 aromatic heterocycles. The number of pyridine rings is 1. The highest BCUT2D eigenvalue weighted by molar-refractivity contribution is 8.01. The van der Waals surface area contributed by atoms with Gasteiger partial charge in [0.25, 0.3) is 0 Å². The molecule has 1 saturated heterocycles. The lowest BCUT2D eigenvalue weighted by Crippen LogP contribution is -2.27. The van der Waals surface area contributed by atoms with Crippen LogP contribution in [-0.2, 0) is 4.79 Å². The summed E-state index contributed by atoms with van der Waals surface area (Å²) in [7, 11) is 1.90. The van der Waals surface area contributed by atoms with Crippen molar-refractivity contribution in [3.63, 3.8) is 0 Å². The number of carbonyl (C=O) groups is 1. The molecule has 4 heteroatoms. The lowest BCUT2D eigenvalue weighted by atomic mass is 10.1. The Hall–Kier alpha value is -1.03. The molecule has 1 aromatic rings. The molecule has 1 aliphatic heterocycles. The van der Waals surface area contributed by atoms with Gasteiger partial charge in [-0.05, 0) is 12.5 Å². The van der Waals surface area contributed by atoms with Gasteiger partial charge < -0.3 is 4.90 Å². The summed E-state index contributed by atoms with van der Waals surface area (Å²) in [5.74, 6) is 0.273. The second kappa shape index (κ2) is 6.94. The van der Waals surface area contributed by atoms with Gasteiger partial charge in [0.1, 0.15) is 5.37 Å². The standard InChI is InChI=1S/C15H22N2OS/c1-3-4-5-6-9-13-14(18)17(2)15(19-13)12-8-7-10-16-11-12/h7-8,10-11,13,15H,3-6,9H2,1-2H3/t13-,15-/m0/s1. The van der Waals surface area contributed by atoms with E-state index in [4.69, 9.17) is 0 Å². The molecular formula is C15H22N2OS. The fourth-order valence-electron chi connectivity index (χ4n) is 2.42. The van der Waals surface area contributed by atoms with Crippen LogP contribution in [0.25, 0.3) is 0 Å². The van der Waals surface area contributed by atoms with Crippen LogP contribution in [0.3, 0.4) is 0 Å². The third-order valence-corrected chi connectivity index (χ3v) is 5.17. The van der Waals surface area contributed by atoms with Crippen LogP contribution >= 0.6 is 11.8 Å². The van der Waals surface area contributed by atoms with Gasteiger partial charge in [-0.2, -0.15) is 0 Å². The topological polar surface area (TPSA) is 33.2 Å². The number of hydrogen-bond donors (Lipinski definition) is 0. The van der Waals surface area contributed by atoms with E-state index in [1.165, 1.54) is 19.3 Å². The molecule has 0 saturated carbocycles. The van der Waals surface area contributed by atoms with E-state index in [0.29, 0.717) is 0 Å². The van der Waals surface area contributed by atoms with Gasteiger partial charge in [-0.15, -0.1) is 11.8 Å². The van der Waals surface area contributed by atoms with E-state index >= 15 is 0 Å². The summed E-state index contributed by atoms with van der Waals surface area (Å²) >= 11 is 1.77. The number of aromatic nitrogens is 1. The summed E-state index contributed by atoms with van der Waals surface area (Å²) in [6.07, 6.45) is 9.54. The molecule has 0 N–H and O–H groups in total. The molecule has 104 valence electrons. The Labute approximate surface area is 119 Å². The Morgan fingerprint density at radius 2 is 2.21 bits per heavy atom. The molecule has 2 heterocycles. The second-order valence-electron chi connectivity index (χ2n) is 5.06. The summed E-state index contributed by atoms with van der Waals surface area (Å²) < 4.78 is 0. The highest BCUT2D eigenvalue weighted by Gasteiger charge is 2.38. The zero-order valence-electron chi connectivity index (χ0n) is 11.7. The van der Waals surface area contributed by atoms with E-state index < -0.39 is 0 Å². The summed E-state index contributed by atoms with van der Waals surface area (Å²) in [6, 6.07) is 3.98. The van der Waals surface area contributed by atoms with Gasteiger partial charge in [-0.1, -0.05) is 38.7 Å². The maximum Gasteiger partial charge on any atom is 0.236 e. The molecule has 0 aliphatic carbocycles. The molecule has 0 bridgehead atoms. The van der Waals surface area contributed by atoms with Crippen molar-refractivity contribution in [2.75, 3.05) is 7.05 Å². The van der Waals surface area contributed by atoms with Crippen molar-refractivity contribution < 1.29 is 4.79 Å². The fourth-order valence-corrected chi connectivity index (χ4v) is 3.90. The fraction of sp³-hybridized carbons (Fsp3) is 0.600. The van der Waals surface area contributed by atoms with Crippen LogP contribution in [0, 0.1) is 0 Å². The van der Waals surface area contributed by atoms with Crippen LogP contribution < -0.4 is 0 Å². The average molecular weight is 278 g/mol. The van der Waals surface area contributed by atoms with Crippen molar-refractivity contribution in [1.29, 1.82) is 0 Å². The van der Waals surface area contributed by atoms with Gasteiger partial charge in [-0.25, -0.2) is 0 Å². The zero-order chi connectivity index (χ0) is 13.7. The maximum atomic E-state index is 12.2. The van der Waals surface area contributed by atoms with Crippen LogP contribution in [0.5, 0.6) is 0 Å². The normalized spacial score (nSPS) is 23.1. The lowest BCUT2D eigenvalue weighted by molar-refractivity contribution is -0.128. The quantitative estimate of drug-likeness (QED) is 0.745. The molecule has 1 aliphatic rings. The monoisotopic (exact) mass is 278 g/mol. The van der Waals surface area contributed by atoms with E-state index in [1.54, 1.807) is 18.0 Å². The third-order valence-electron chi connectivity index (χ3n) is 3.56. The predicted molar refractivity (Wildman–Crippen MR) is 79.9 cm³/mol. The van der Waals surface area contributed by atoms with Crippen molar-refractivity contribution in [3.05, 3.63) is 30.1 Å². The molecule has 0 aromatic carbocycles. The van der Waals surface area contributed by atoms with Crippen molar-refractivity contribution in [2.45, 2.75) is 49.7 Å². The Bertz CT molecular complexity index is 410. The highest BCUT2D eigenvalue weighted by Crippen LogP contribution is 2.43. The number of nitrogens with zero attached hydrogens (tertiary/aromatic N) is 2. The molecule has 3 nitrogen and oxygen atoms in total. The van der Waals surface area contributed by atoms with Crippen LogP contribution in [0.2, 0.25) is 0 Å². The van der Waals surface area contributed by atoms with E-state index in [1.807, 2.05) is 30.3 Å². The molecule has 1 fully saturated rings. The Morgan fingerprint density at radius 3 is 2.89 bits per heavy atom. The average Bonchev–Trinajstić information content (AvgIpc) is 2.73. The SMILES string of the molecule is CCCCCC[C@@H]1S[C@@H](c2cccnc2)N(C)C1=O. The lowest BCUT2D eigenvalue weighted by Gasteiger charge is -2.18. The van der Waals surface area contributed by atoms with Crippen molar-refractivity contribution >= 4 is 17.7 Å². The first-order valence-corrected chi connectivity index (χ1v) is 8.00. The minimum absolute atomic E-state index is 0.132. The van der Waals surface area contributed by atoms with E-state index in [2.05, 4.69) is 11.9 Å². The number of thioether (sulfide) groups is 1. The molecule has 2 atom stereocenters. The largest absolute Gasteiger partial charge is 0.329 e. The highest BCUT2D eigenvalue weighted by atomic mass is 32.2.